The Kier molecular flexibility index (Phi) is 3.43. The van der Waals surface area contributed by atoms with E-state index in [0.717, 1.165) is 4.90 Å². The highest BCUT2D eigenvalue weighted by Crippen LogP contribution is 2.20. The van der Waals surface area contributed by atoms with Gasteiger partial charge < -0.3 is 15.1 Å². The summed E-state index contributed by atoms with van der Waals surface area (Å²) < 4.78 is 0. The third-order valence-corrected chi connectivity index (χ3v) is 3.32. The molecule has 2 rings (SSSR count). The lowest BCUT2D eigenvalue weighted by Crippen LogP contribution is -2.43. The second-order valence-electron chi connectivity index (χ2n) is 3.95. The van der Waals surface area contributed by atoms with Gasteiger partial charge in [0.05, 0.1) is 6.10 Å². The van der Waals surface area contributed by atoms with E-state index in [1.165, 1.54) is 11.3 Å². The van der Waals surface area contributed by atoms with Crippen LogP contribution in [0.25, 0.3) is 0 Å². The van der Waals surface area contributed by atoms with Gasteiger partial charge in [-0.05, 0) is 6.92 Å². The van der Waals surface area contributed by atoms with Crippen molar-refractivity contribution in [2.45, 2.75) is 25.5 Å². The van der Waals surface area contributed by atoms with E-state index < -0.39 is 24.1 Å². The Hall–Kier alpha value is -1.74. The second-order valence-corrected chi connectivity index (χ2v) is 5.13. The van der Waals surface area contributed by atoms with Crippen molar-refractivity contribution in [1.29, 1.82) is 0 Å². The van der Waals surface area contributed by atoms with Gasteiger partial charge in [0.1, 0.15) is 11.0 Å². The molecule has 3 N–H and O–H groups in total. The zero-order valence-corrected chi connectivity index (χ0v) is 10.3. The van der Waals surface area contributed by atoms with E-state index in [2.05, 4.69) is 15.5 Å². The average Bonchev–Trinajstić information content (AvgIpc) is 2.85. The van der Waals surface area contributed by atoms with Crippen LogP contribution >= 0.6 is 11.3 Å². The Balaban J connectivity index is 2.06. The first-order chi connectivity index (χ1) is 8.47. The molecule has 1 aliphatic heterocycles. The first-order valence-electron chi connectivity index (χ1n) is 5.26. The topological polar surface area (TPSA) is 116 Å². The van der Waals surface area contributed by atoms with Crippen LogP contribution in [0.3, 0.4) is 0 Å². The molecule has 8 nitrogen and oxygen atoms in total. The maximum absolute atomic E-state index is 11.9. The second kappa shape index (κ2) is 4.86. The molecule has 0 aliphatic carbocycles. The van der Waals surface area contributed by atoms with Crippen molar-refractivity contribution in [3.05, 3.63) is 5.01 Å². The number of hydrogen-bond acceptors (Lipinski definition) is 6. The fraction of sp³-hybridized carbons (Fsp3) is 0.556. The molecule has 0 aromatic carbocycles. The molecule has 98 valence electrons. The van der Waals surface area contributed by atoms with Crippen LogP contribution in [0, 0.1) is 6.92 Å². The van der Waals surface area contributed by atoms with Crippen LogP contribution in [-0.4, -0.2) is 56.0 Å². The monoisotopic (exact) mass is 272 g/mol. The van der Waals surface area contributed by atoms with Gasteiger partial charge in [0.25, 0.3) is 0 Å². The summed E-state index contributed by atoms with van der Waals surface area (Å²) in [6.45, 7) is 1.74. The lowest BCUT2D eigenvalue weighted by Gasteiger charge is -2.20. The predicted molar refractivity (Wildman–Crippen MR) is 62.4 cm³/mol. The number of aromatic nitrogens is 2. The molecular weight excluding hydrogens is 260 g/mol. The lowest BCUT2D eigenvalue weighted by atomic mass is 10.2. The van der Waals surface area contributed by atoms with Crippen molar-refractivity contribution in [3.63, 3.8) is 0 Å². The summed E-state index contributed by atoms with van der Waals surface area (Å²) in [7, 11) is 0. The highest BCUT2D eigenvalue weighted by atomic mass is 32.1. The zero-order chi connectivity index (χ0) is 13.3. The van der Waals surface area contributed by atoms with Crippen molar-refractivity contribution in [1.82, 2.24) is 15.1 Å². The Labute approximate surface area is 106 Å². The van der Waals surface area contributed by atoms with Crippen LogP contribution in [0.4, 0.5) is 9.93 Å². The molecule has 2 amide bonds. The number of nitrogens with zero attached hydrogens (tertiary/aromatic N) is 3. The van der Waals surface area contributed by atoms with Gasteiger partial charge >= 0.3 is 12.0 Å². The maximum atomic E-state index is 11.9. The number of nitrogens with one attached hydrogen (secondary N) is 1. The minimum absolute atomic E-state index is 0.000581. The van der Waals surface area contributed by atoms with E-state index in [0.29, 0.717) is 10.1 Å². The highest BCUT2D eigenvalue weighted by molar-refractivity contribution is 7.15. The normalized spacial score (nSPS) is 23.1. The Morgan fingerprint density at radius 3 is 2.78 bits per heavy atom. The summed E-state index contributed by atoms with van der Waals surface area (Å²) in [5.41, 5.74) is 0. The molecule has 1 saturated heterocycles. The minimum Gasteiger partial charge on any atom is -0.480 e. The van der Waals surface area contributed by atoms with Gasteiger partial charge in [-0.2, -0.15) is 0 Å². The molecule has 1 aromatic rings. The molecule has 0 spiro atoms. The first kappa shape index (κ1) is 12.7. The molecule has 2 atom stereocenters. The number of aryl methyl sites for hydroxylation is 1. The molecule has 1 aromatic heterocycles. The van der Waals surface area contributed by atoms with Gasteiger partial charge in [0.2, 0.25) is 5.13 Å². The molecule has 0 bridgehead atoms. The SMILES string of the molecule is Cc1nnc(NC(=O)N2CC(O)C[C@H]2C(=O)O)s1. The fourth-order valence-corrected chi connectivity index (χ4v) is 2.36. The number of urea groups is 1. The van der Waals surface area contributed by atoms with Gasteiger partial charge in [-0.1, -0.05) is 11.3 Å². The minimum atomic E-state index is -1.13. The van der Waals surface area contributed by atoms with Crippen molar-refractivity contribution in [2.24, 2.45) is 0 Å². The number of anilines is 1. The molecule has 2 heterocycles. The van der Waals surface area contributed by atoms with E-state index in [1.54, 1.807) is 6.92 Å². The van der Waals surface area contributed by atoms with Gasteiger partial charge in [-0.15, -0.1) is 10.2 Å². The standard InChI is InChI=1S/C9H12N4O4S/c1-4-11-12-8(18-4)10-9(17)13-3-5(14)2-6(13)7(15)16/h5-6,14H,2-3H2,1H3,(H,15,16)(H,10,12,17)/t5?,6-/m0/s1. The molecule has 0 radical (unpaired) electrons. The number of aliphatic carboxylic acids is 1. The molecule has 18 heavy (non-hydrogen) atoms. The molecule has 1 unspecified atom stereocenters. The number of carbonyl (C=O) groups is 2. The molecule has 1 aliphatic rings. The van der Waals surface area contributed by atoms with E-state index in [9.17, 15) is 14.7 Å². The number of hydrogen-bond donors (Lipinski definition) is 3. The largest absolute Gasteiger partial charge is 0.480 e. The Bertz CT molecular complexity index is 477. The lowest BCUT2D eigenvalue weighted by molar-refractivity contribution is -0.141. The summed E-state index contributed by atoms with van der Waals surface area (Å²) in [6.07, 6.45) is -0.772. The van der Waals surface area contributed by atoms with E-state index >= 15 is 0 Å². The van der Waals surface area contributed by atoms with Gasteiger partial charge in [-0.25, -0.2) is 9.59 Å². The van der Waals surface area contributed by atoms with Crippen LogP contribution in [0.1, 0.15) is 11.4 Å². The quantitative estimate of drug-likeness (QED) is 0.692. The summed E-state index contributed by atoms with van der Waals surface area (Å²) in [5.74, 6) is -1.13. The molecular formula is C9H12N4O4S. The van der Waals surface area contributed by atoms with Gasteiger partial charge in [0.15, 0.2) is 0 Å². The number of carbonyl (C=O) groups excluding carboxylic acids is 1. The van der Waals surface area contributed by atoms with Crippen molar-refractivity contribution >= 4 is 28.5 Å². The van der Waals surface area contributed by atoms with Crippen LogP contribution in [0.5, 0.6) is 0 Å². The summed E-state index contributed by atoms with van der Waals surface area (Å²) in [4.78, 5) is 23.9. The summed E-state index contributed by atoms with van der Waals surface area (Å²) >= 11 is 1.19. The number of amides is 2. The molecule has 0 saturated carbocycles. The van der Waals surface area contributed by atoms with E-state index in [1.807, 2.05) is 0 Å². The van der Waals surface area contributed by atoms with Crippen LogP contribution < -0.4 is 5.32 Å². The van der Waals surface area contributed by atoms with Crippen molar-refractivity contribution < 1.29 is 19.8 Å². The number of likely N-dealkylation sites (tertiary alicyclic amines) is 1. The number of aliphatic hydroxyl groups excluding tert-OH is 1. The third-order valence-electron chi connectivity index (χ3n) is 2.56. The summed E-state index contributed by atoms with van der Waals surface area (Å²) in [5, 5.41) is 29.3. The number of carboxylic acid groups (broad SMARTS) is 1. The van der Waals surface area contributed by atoms with E-state index in [4.69, 9.17) is 5.11 Å². The number of rotatable bonds is 2. The predicted octanol–water partition coefficient (Wildman–Crippen LogP) is -0.102. The molecule has 1 fully saturated rings. The van der Waals surface area contributed by atoms with Crippen LogP contribution in [0.15, 0.2) is 0 Å². The zero-order valence-electron chi connectivity index (χ0n) is 9.53. The van der Waals surface area contributed by atoms with Crippen molar-refractivity contribution in [2.75, 3.05) is 11.9 Å². The number of aliphatic hydroxyl groups is 1. The third kappa shape index (κ3) is 2.57. The first-order valence-corrected chi connectivity index (χ1v) is 6.07. The Morgan fingerprint density at radius 2 is 2.22 bits per heavy atom. The van der Waals surface area contributed by atoms with Crippen LogP contribution in [-0.2, 0) is 4.79 Å². The number of carboxylic acids is 1. The maximum Gasteiger partial charge on any atom is 0.326 e. The Morgan fingerprint density at radius 1 is 1.50 bits per heavy atom. The van der Waals surface area contributed by atoms with Gasteiger partial charge in [-0.3, -0.25) is 5.32 Å². The fourth-order valence-electron chi connectivity index (χ4n) is 1.78. The van der Waals surface area contributed by atoms with Crippen LogP contribution in [0.2, 0.25) is 0 Å². The highest BCUT2D eigenvalue weighted by Gasteiger charge is 2.39. The summed E-state index contributed by atoms with van der Waals surface area (Å²) in [6, 6.07) is -1.59. The van der Waals surface area contributed by atoms with Gasteiger partial charge in [0, 0.05) is 13.0 Å². The average molecular weight is 272 g/mol. The van der Waals surface area contributed by atoms with Crippen molar-refractivity contribution in [3.8, 4) is 0 Å². The smallest absolute Gasteiger partial charge is 0.326 e. The number of β-amino-alcohol motifs (C(OH)–C–C–N with tert-alkyl or cyclic N) is 1. The van der Waals surface area contributed by atoms with E-state index in [-0.39, 0.29) is 13.0 Å². The molecule has 9 heteroatoms.